The molecule has 1 aromatic rings. The van der Waals surface area contributed by atoms with Crippen LogP contribution in [0.25, 0.3) is 0 Å². The van der Waals surface area contributed by atoms with Crippen LogP contribution in [-0.4, -0.2) is 85.5 Å². The number of aliphatic carboxylic acids is 1. The number of piperazine rings is 1. The van der Waals surface area contributed by atoms with E-state index in [1.165, 1.54) is 7.11 Å². The van der Waals surface area contributed by atoms with Gasteiger partial charge in [0.15, 0.2) is 9.84 Å². The van der Waals surface area contributed by atoms with E-state index >= 15 is 0 Å². The third-order valence-electron chi connectivity index (χ3n) is 4.98. The lowest BCUT2D eigenvalue weighted by Gasteiger charge is -2.43. The number of sulfone groups is 1. The van der Waals surface area contributed by atoms with Crippen molar-refractivity contribution < 1.29 is 27.9 Å². The van der Waals surface area contributed by atoms with Crippen LogP contribution in [0.3, 0.4) is 0 Å². The summed E-state index contributed by atoms with van der Waals surface area (Å²) in [5.74, 6) is -0.714. The molecule has 0 aliphatic carbocycles. The summed E-state index contributed by atoms with van der Waals surface area (Å²) in [4.78, 5) is 27.3. The van der Waals surface area contributed by atoms with Gasteiger partial charge in [0.1, 0.15) is 5.75 Å². The Hall–Kier alpha value is -2.13. The number of carbonyl (C=O) groups is 2. The van der Waals surface area contributed by atoms with Crippen LogP contribution in [0.1, 0.15) is 16.8 Å². The van der Waals surface area contributed by atoms with Gasteiger partial charge in [-0.25, -0.2) is 8.42 Å². The van der Waals surface area contributed by atoms with Gasteiger partial charge in [0.25, 0.3) is 5.91 Å². The number of ether oxygens (including phenoxy) is 1. The monoisotopic (exact) mass is 382 g/mol. The predicted molar refractivity (Wildman–Crippen MR) is 94.1 cm³/mol. The molecule has 142 valence electrons. The largest absolute Gasteiger partial charge is 0.497 e. The third kappa shape index (κ3) is 3.83. The van der Waals surface area contributed by atoms with Crippen molar-refractivity contribution in [3.05, 3.63) is 29.8 Å². The number of fused-ring (bicyclic) bond motifs is 1. The zero-order chi connectivity index (χ0) is 18.9. The van der Waals surface area contributed by atoms with Gasteiger partial charge in [-0.15, -0.1) is 0 Å². The molecule has 0 radical (unpaired) electrons. The molecule has 1 aromatic carbocycles. The smallest absolute Gasteiger partial charge is 0.304 e. The second kappa shape index (κ2) is 7.24. The minimum atomic E-state index is -3.27. The number of carboxylic acids is 1. The Kier molecular flexibility index (Phi) is 5.19. The van der Waals surface area contributed by atoms with Crippen molar-refractivity contribution in [3.8, 4) is 5.75 Å². The first-order valence-electron chi connectivity index (χ1n) is 8.42. The van der Waals surface area contributed by atoms with Crippen LogP contribution in [0.4, 0.5) is 0 Å². The van der Waals surface area contributed by atoms with Crippen molar-refractivity contribution >= 4 is 21.7 Å². The molecule has 26 heavy (non-hydrogen) atoms. The molecule has 1 N–H and O–H groups in total. The Morgan fingerprint density at radius 3 is 2.65 bits per heavy atom. The summed E-state index contributed by atoms with van der Waals surface area (Å²) in [5.41, 5.74) is 0.450. The van der Waals surface area contributed by atoms with E-state index in [1.807, 2.05) is 4.90 Å². The van der Waals surface area contributed by atoms with Crippen molar-refractivity contribution in [3.63, 3.8) is 0 Å². The van der Waals surface area contributed by atoms with Gasteiger partial charge in [0, 0.05) is 31.2 Å². The van der Waals surface area contributed by atoms with Crippen molar-refractivity contribution in [2.24, 2.45) is 0 Å². The van der Waals surface area contributed by atoms with Gasteiger partial charge >= 0.3 is 5.97 Å². The third-order valence-corrected chi connectivity index (χ3v) is 6.68. The van der Waals surface area contributed by atoms with Gasteiger partial charge in [-0.2, -0.15) is 0 Å². The molecule has 9 heteroatoms. The maximum atomic E-state index is 13.0. The lowest BCUT2D eigenvalue weighted by molar-refractivity contribution is -0.137. The lowest BCUT2D eigenvalue weighted by atomic mass is 10.0. The second-order valence-electron chi connectivity index (χ2n) is 6.62. The number of methoxy groups -OCH3 is 1. The molecular weight excluding hydrogens is 360 g/mol. The zero-order valence-corrected chi connectivity index (χ0v) is 15.3. The van der Waals surface area contributed by atoms with E-state index < -0.39 is 21.8 Å². The van der Waals surface area contributed by atoms with Gasteiger partial charge in [-0.1, -0.05) is 6.07 Å². The minimum Gasteiger partial charge on any atom is -0.497 e. The van der Waals surface area contributed by atoms with Crippen molar-refractivity contribution in [2.75, 3.05) is 38.2 Å². The Morgan fingerprint density at radius 2 is 1.96 bits per heavy atom. The molecule has 2 atom stereocenters. The molecule has 8 nitrogen and oxygen atoms in total. The highest BCUT2D eigenvalue weighted by Crippen LogP contribution is 2.28. The highest BCUT2D eigenvalue weighted by atomic mass is 32.2. The number of hydrogen-bond acceptors (Lipinski definition) is 6. The summed E-state index contributed by atoms with van der Waals surface area (Å²) in [6.45, 7) is 1.11. The summed E-state index contributed by atoms with van der Waals surface area (Å²) < 4.78 is 29.5. The van der Waals surface area contributed by atoms with Crippen molar-refractivity contribution in [1.29, 1.82) is 0 Å². The van der Waals surface area contributed by atoms with E-state index in [0.29, 0.717) is 24.4 Å². The molecule has 2 aliphatic rings. The molecule has 2 aliphatic heterocycles. The fourth-order valence-electron chi connectivity index (χ4n) is 3.72. The number of rotatable bonds is 5. The maximum Gasteiger partial charge on any atom is 0.304 e. The molecule has 2 heterocycles. The number of amides is 1. The number of nitrogens with zero attached hydrogens (tertiary/aromatic N) is 2. The minimum absolute atomic E-state index is 0.0425. The molecule has 0 saturated carbocycles. The van der Waals surface area contributed by atoms with E-state index in [9.17, 15) is 18.0 Å². The maximum absolute atomic E-state index is 13.0. The van der Waals surface area contributed by atoms with Crippen LogP contribution in [-0.2, 0) is 14.6 Å². The van der Waals surface area contributed by atoms with Crippen LogP contribution in [0.5, 0.6) is 5.75 Å². The number of carboxylic acid groups (broad SMARTS) is 1. The first kappa shape index (κ1) is 18.7. The topological polar surface area (TPSA) is 104 Å². The summed E-state index contributed by atoms with van der Waals surface area (Å²) >= 11 is 0. The summed E-state index contributed by atoms with van der Waals surface area (Å²) in [6, 6.07) is 5.96. The average molecular weight is 382 g/mol. The molecule has 0 aromatic heterocycles. The van der Waals surface area contributed by atoms with Gasteiger partial charge in [0.05, 0.1) is 31.1 Å². The number of benzene rings is 1. The number of carbonyl (C=O) groups excluding carboxylic acids is 1. The van der Waals surface area contributed by atoms with Gasteiger partial charge in [-0.05, 0) is 18.2 Å². The molecule has 2 fully saturated rings. The molecule has 0 spiro atoms. The fourth-order valence-corrected chi connectivity index (χ4v) is 5.73. The van der Waals surface area contributed by atoms with Crippen LogP contribution < -0.4 is 4.74 Å². The Morgan fingerprint density at radius 1 is 1.23 bits per heavy atom. The highest BCUT2D eigenvalue weighted by molar-refractivity contribution is 7.91. The summed E-state index contributed by atoms with van der Waals surface area (Å²) in [5, 5.41) is 8.90. The van der Waals surface area contributed by atoms with E-state index in [4.69, 9.17) is 9.84 Å². The van der Waals surface area contributed by atoms with Gasteiger partial charge < -0.3 is 14.7 Å². The molecule has 1 amide bonds. The summed E-state index contributed by atoms with van der Waals surface area (Å²) in [7, 11) is -1.75. The van der Waals surface area contributed by atoms with Gasteiger partial charge in [0.2, 0.25) is 0 Å². The first-order chi connectivity index (χ1) is 12.3. The fraction of sp³-hybridized carbons (Fsp3) is 0.529. The van der Waals surface area contributed by atoms with Crippen molar-refractivity contribution in [1.82, 2.24) is 9.80 Å². The predicted octanol–water partition coefficient (Wildman–Crippen LogP) is 0.0933. The quantitative estimate of drug-likeness (QED) is 0.770. The van der Waals surface area contributed by atoms with E-state index in [1.54, 1.807) is 29.2 Å². The number of hydrogen-bond donors (Lipinski definition) is 1. The Labute approximate surface area is 152 Å². The van der Waals surface area contributed by atoms with Crippen LogP contribution in [0, 0.1) is 0 Å². The van der Waals surface area contributed by atoms with Crippen LogP contribution in [0.15, 0.2) is 24.3 Å². The zero-order valence-electron chi connectivity index (χ0n) is 14.5. The molecule has 0 bridgehead atoms. The first-order valence-corrected chi connectivity index (χ1v) is 10.2. The van der Waals surface area contributed by atoms with Crippen LogP contribution >= 0.6 is 0 Å². The van der Waals surface area contributed by atoms with E-state index in [-0.39, 0.29) is 36.4 Å². The standard InChI is InChI=1S/C17H22N2O6S/c1-25-13-4-2-3-12(9-13)17(22)19-8-7-18(6-5-16(20)21)14-10-26(23,24)11-15(14)19/h2-4,9,14-15H,5-8,10-11H2,1H3,(H,20,21)/t14-,15+/m1/s1. The highest BCUT2D eigenvalue weighted by Gasteiger charge is 2.48. The van der Waals surface area contributed by atoms with Gasteiger partial charge in [-0.3, -0.25) is 14.5 Å². The van der Waals surface area contributed by atoms with Crippen LogP contribution in [0.2, 0.25) is 0 Å². The molecule has 3 rings (SSSR count). The lowest BCUT2D eigenvalue weighted by Crippen LogP contribution is -2.60. The van der Waals surface area contributed by atoms with E-state index in [0.717, 1.165) is 0 Å². The Balaban J connectivity index is 1.83. The molecule has 0 unspecified atom stereocenters. The SMILES string of the molecule is COc1cccc(C(=O)N2CCN(CCC(=O)O)[C@@H]3CS(=O)(=O)C[C@@H]32)c1. The summed E-state index contributed by atoms with van der Waals surface area (Å²) in [6.07, 6.45) is -0.0485. The van der Waals surface area contributed by atoms with E-state index in [2.05, 4.69) is 0 Å². The normalized spacial score (nSPS) is 24.9. The molecule has 2 saturated heterocycles. The Bertz CT molecular complexity index is 809. The molecular formula is C17H22N2O6S. The van der Waals surface area contributed by atoms with Crippen molar-refractivity contribution in [2.45, 2.75) is 18.5 Å². The second-order valence-corrected chi connectivity index (χ2v) is 8.78. The average Bonchev–Trinajstić information content (AvgIpc) is 2.94.